The molecule has 0 bridgehead atoms. The number of allylic oxidation sites excluding steroid dienone is 8. The van der Waals surface area contributed by atoms with Crippen LogP contribution in [0.2, 0.25) is 0 Å². The quantitative estimate of drug-likeness (QED) is 0.0246. The minimum Gasteiger partial charge on any atom is -0.462 e. The molecule has 3 unspecified atom stereocenters. The summed E-state index contributed by atoms with van der Waals surface area (Å²) in [7, 11) is 0. The van der Waals surface area contributed by atoms with Gasteiger partial charge in [0.05, 0.1) is 25.2 Å². The normalized spacial score (nSPS) is 13.6. The van der Waals surface area contributed by atoms with Crippen LogP contribution in [0.3, 0.4) is 0 Å². The lowest BCUT2D eigenvalue weighted by atomic mass is 10.0. The van der Waals surface area contributed by atoms with Crippen LogP contribution in [0.5, 0.6) is 0 Å². The summed E-state index contributed by atoms with van der Waals surface area (Å²) in [6, 6.07) is -0.712. The number of carbonyl (C=O) groups excluding carboxylic acids is 2. The number of aliphatic hydroxyl groups excluding tert-OH is 2. The predicted molar refractivity (Wildman–Crippen MR) is 259 cm³/mol. The Balaban J connectivity index is 4.66. The molecule has 0 aromatic rings. The van der Waals surface area contributed by atoms with Crippen molar-refractivity contribution in [3.8, 4) is 0 Å². The third-order valence-corrected chi connectivity index (χ3v) is 11.7. The van der Waals surface area contributed by atoms with Crippen molar-refractivity contribution < 1.29 is 24.5 Å². The van der Waals surface area contributed by atoms with Gasteiger partial charge in [-0.2, -0.15) is 0 Å². The fraction of sp³-hybridized carbons (Fsp3) is 0.815. The summed E-state index contributed by atoms with van der Waals surface area (Å²) < 4.78 is 5.92. The number of hydrogen-bond donors (Lipinski definition) is 3. The molecule has 0 fully saturated rings. The molecule has 0 aromatic heterocycles. The van der Waals surface area contributed by atoms with Crippen molar-refractivity contribution in [3.05, 3.63) is 48.6 Å². The molecule has 1 amide bonds. The summed E-state index contributed by atoms with van der Waals surface area (Å²) in [4.78, 5) is 26.1. The van der Waals surface area contributed by atoms with E-state index in [4.69, 9.17) is 4.74 Å². The lowest BCUT2D eigenvalue weighted by molar-refractivity contribution is -0.151. The van der Waals surface area contributed by atoms with Crippen molar-refractivity contribution in [2.45, 2.75) is 277 Å². The molecule has 0 spiro atoms. The van der Waals surface area contributed by atoms with Gasteiger partial charge in [0.2, 0.25) is 5.91 Å². The maximum atomic E-state index is 13.2. The summed E-state index contributed by atoms with van der Waals surface area (Å²) in [5.41, 5.74) is 0. The summed E-state index contributed by atoms with van der Waals surface area (Å²) in [5, 5.41) is 23.7. The van der Waals surface area contributed by atoms with Crippen LogP contribution in [0.15, 0.2) is 48.6 Å². The van der Waals surface area contributed by atoms with E-state index in [-0.39, 0.29) is 24.9 Å². The number of ether oxygens (including phenoxy) is 1. The van der Waals surface area contributed by atoms with E-state index >= 15 is 0 Å². The zero-order chi connectivity index (χ0) is 43.8. The number of nitrogens with one attached hydrogen (secondary N) is 1. The molecule has 0 aliphatic heterocycles. The topological polar surface area (TPSA) is 95.9 Å². The first kappa shape index (κ1) is 57.8. The van der Waals surface area contributed by atoms with Crippen LogP contribution in [0.4, 0.5) is 0 Å². The molecule has 0 aromatic carbocycles. The highest BCUT2D eigenvalue weighted by atomic mass is 16.5. The van der Waals surface area contributed by atoms with E-state index in [2.05, 4.69) is 74.7 Å². The zero-order valence-corrected chi connectivity index (χ0v) is 39.8. The van der Waals surface area contributed by atoms with E-state index in [0.29, 0.717) is 19.3 Å². The minimum atomic E-state index is -0.796. The molecule has 0 saturated heterocycles. The summed E-state index contributed by atoms with van der Waals surface area (Å²) in [6.07, 6.45) is 57.4. The monoisotopic (exact) mass is 842 g/mol. The molecule has 3 atom stereocenters. The van der Waals surface area contributed by atoms with Gasteiger partial charge in [-0.1, -0.05) is 217 Å². The van der Waals surface area contributed by atoms with Gasteiger partial charge in [-0.3, -0.25) is 9.59 Å². The number of hydrogen-bond acceptors (Lipinski definition) is 5. The second kappa shape index (κ2) is 47.9. The highest BCUT2D eigenvalue weighted by Crippen LogP contribution is 2.17. The second-order valence-electron chi connectivity index (χ2n) is 17.6. The SMILES string of the molecule is CCCCCC/C=C\CCCCCCCCCC(=O)OC(CCCCC/C=C/C=C/C=C/CCCCCCC)CC(=O)NC(CO)C(O)CCCCCCCCCCCC. The molecule has 0 radical (unpaired) electrons. The summed E-state index contributed by atoms with van der Waals surface area (Å²) >= 11 is 0. The van der Waals surface area contributed by atoms with Crippen LogP contribution in [0, 0.1) is 0 Å². The predicted octanol–water partition coefficient (Wildman–Crippen LogP) is 15.5. The fourth-order valence-electron chi connectivity index (χ4n) is 7.72. The second-order valence-corrected chi connectivity index (χ2v) is 17.6. The van der Waals surface area contributed by atoms with E-state index in [1.807, 2.05) is 0 Å². The van der Waals surface area contributed by atoms with E-state index < -0.39 is 18.2 Å². The Kier molecular flexibility index (Phi) is 46.1. The Labute approximate surface area is 372 Å². The maximum absolute atomic E-state index is 13.2. The molecule has 0 aliphatic carbocycles. The van der Waals surface area contributed by atoms with Crippen LogP contribution >= 0.6 is 0 Å². The lowest BCUT2D eigenvalue weighted by Crippen LogP contribution is -2.46. The van der Waals surface area contributed by atoms with Gasteiger partial charge in [-0.15, -0.1) is 0 Å². The number of unbranched alkanes of at least 4 members (excludes halogenated alkanes) is 28. The molecule has 0 heterocycles. The van der Waals surface area contributed by atoms with Crippen molar-refractivity contribution in [3.63, 3.8) is 0 Å². The van der Waals surface area contributed by atoms with Gasteiger partial charge in [0, 0.05) is 6.42 Å². The lowest BCUT2D eigenvalue weighted by Gasteiger charge is -2.24. The fourth-order valence-corrected chi connectivity index (χ4v) is 7.72. The molecular formula is C54H99NO5. The third-order valence-electron chi connectivity index (χ3n) is 11.7. The van der Waals surface area contributed by atoms with Gasteiger partial charge in [0.25, 0.3) is 0 Å². The van der Waals surface area contributed by atoms with Crippen LogP contribution < -0.4 is 5.32 Å². The molecule has 0 aliphatic rings. The average molecular weight is 842 g/mol. The van der Waals surface area contributed by atoms with Gasteiger partial charge in [-0.05, 0) is 77.0 Å². The van der Waals surface area contributed by atoms with Crippen LogP contribution in [-0.4, -0.2) is 46.9 Å². The van der Waals surface area contributed by atoms with E-state index in [1.54, 1.807) is 0 Å². The summed E-state index contributed by atoms with van der Waals surface area (Å²) in [6.45, 7) is 6.44. The highest BCUT2D eigenvalue weighted by Gasteiger charge is 2.24. The Morgan fingerprint density at radius 2 is 0.867 bits per heavy atom. The maximum Gasteiger partial charge on any atom is 0.306 e. The van der Waals surface area contributed by atoms with Gasteiger partial charge in [-0.25, -0.2) is 0 Å². The molecule has 0 rings (SSSR count). The standard InChI is InChI=1S/C54H99NO5/c1-4-7-10-13-16-19-22-24-26-28-29-31-33-36-39-42-45-50(60-54(59)47-44-41-38-35-32-30-27-25-23-20-17-14-11-8-5-2)48-53(58)55-51(49-56)52(57)46-43-40-37-34-21-18-15-12-9-6-3/h20,22-24,26,28-29,31,50-52,56-57H,4-19,21,25,27,30,32-49H2,1-3H3,(H,55,58)/b23-20-,24-22+,28-26+,31-29+. The molecule has 3 N–H and O–H groups in total. The van der Waals surface area contributed by atoms with Crippen LogP contribution in [0.1, 0.15) is 258 Å². The van der Waals surface area contributed by atoms with E-state index in [1.165, 1.54) is 141 Å². The van der Waals surface area contributed by atoms with Crippen LogP contribution in [-0.2, 0) is 14.3 Å². The molecule has 350 valence electrons. The van der Waals surface area contributed by atoms with Crippen molar-refractivity contribution >= 4 is 11.9 Å². The molecule has 60 heavy (non-hydrogen) atoms. The minimum absolute atomic E-state index is 0.0538. The van der Waals surface area contributed by atoms with Crippen molar-refractivity contribution in [1.82, 2.24) is 5.32 Å². The smallest absolute Gasteiger partial charge is 0.306 e. The summed E-state index contributed by atoms with van der Waals surface area (Å²) in [5.74, 6) is -0.508. The van der Waals surface area contributed by atoms with Crippen LogP contribution in [0.25, 0.3) is 0 Å². The first-order chi connectivity index (χ1) is 29.5. The molecule has 0 saturated carbocycles. The number of carbonyl (C=O) groups is 2. The Bertz CT molecular complexity index is 1040. The largest absolute Gasteiger partial charge is 0.462 e. The van der Waals surface area contributed by atoms with E-state index in [0.717, 1.165) is 70.6 Å². The average Bonchev–Trinajstić information content (AvgIpc) is 3.24. The van der Waals surface area contributed by atoms with E-state index in [9.17, 15) is 19.8 Å². The highest BCUT2D eigenvalue weighted by molar-refractivity contribution is 5.77. The number of amides is 1. The molecule has 6 nitrogen and oxygen atoms in total. The third kappa shape index (κ3) is 42.5. The Morgan fingerprint density at radius 3 is 1.35 bits per heavy atom. The number of esters is 1. The van der Waals surface area contributed by atoms with Gasteiger partial charge < -0.3 is 20.3 Å². The van der Waals surface area contributed by atoms with Crippen molar-refractivity contribution in [1.29, 1.82) is 0 Å². The first-order valence-corrected chi connectivity index (χ1v) is 25.9. The van der Waals surface area contributed by atoms with Gasteiger partial charge in [0.15, 0.2) is 0 Å². The van der Waals surface area contributed by atoms with Gasteiger partial charge in [0.1, 0.15) is 6.10 Å². The number of rotatable bonds is 46. The zero-order valence-electron chi connectivity index (χ0n) is 39.8. The molecular weight excluding hydrogens is 743 g/mol. The van der Waals surface area contributed by atoms with Crippen molar-refractivity contribution in [2.24, 2.45) is 0 Å². The Morgan fingerprint density at radius 1 is 0.483 bits per heavy atom. The Hall–Kier alpha value is -2.18. The first-order valence-electron chi connectivity index (χ1n) is 25.9. The van der Waals surface area contributed by atoms with Crippen molar-refractivity contribution in [2.75, 3.05) is 6.61 Å². The number of aliphatic hydroxyl groups is 2. The van der Waals surface area contributed by atoms with Gasteiger partial charge >= 0.3 is 5.97 Å². The molecule has 6 heteroatoms.